The molecule has 0 bridgehead atoms. The molecule has 0 fully saturated rings. The molecule has 14 heavy (non-hydrogen) atoms. The van der Waals surface area contributed by atoms with Gasteiger partial charge in [0.15, 0.2) is 0 Å². The molecule has 0 aliphatic heterocycles. The van der Waals surface area contributed by atoms with E-state index < -0.39 is 10.4 Å². The first-order chi connectivity index (χ1) is 2.00. The van der Waals surface area contributed by atoms with Crippen LogP contribution in [-0.2, 0) is 10.4 Å². The van der Waals surface area contributed by atoms with Gasteiger partial charge in [0.1, 0.15) is 0 Å². The second-order valence-corrected chi connectivity index (χ2v) is 1.34. The van der Waals surface area contributed by atoms with Gasteiger partial charge in [-0.3, -0.25) is 9.11 Å². The molecule has 0 aromatic carbocycles. The molecule has 0 aromatic heterocycles. The molecule has 0 spiro atoms. The van der Waals surface area contributed by atoms with Gasteiger partial charge >= 0.3 is 63.0 Å². The fraction of sp³-hybridized carbons (Fsp3) is 0. The number of rotatable bonds is 0. The van der Waals surface area contributed by atoms with Crippen molar-refractivity contribution in [1.29, 1.82) is 0 Å². The summed E-state index contributed by atoms with van der Waals surface area (Å²) in [5.74, 6) is 0. The number of hydrogen-bond donors (Lipinski definition) is 2. The minimum absolute atomic E-state index is 0. The van der Waals surface area contributed by atoms with Crippen LogP contribution in [0.4, 0.5) is 0 Å². The normalized spacial score (nSPS) is 4.14. The van der Waals surface area contributed by atoms with Crippen LogP contribution in [0.3, 0.4) is 0 Å². The van der Waals surface area contributed by atoms with E-state index >= 15 is 0 Å². The molecular formula is H19MgNaO11S. The van der Waals surface area contributed by atoms with Crippen LogP contribution >= 0.6 is 0 Å². The zero-order valence-corrected chi connectivity index (χ0v) is 6.44. The molecule has 0 aliphatic rings. The van der Waals surface area contributed by atoms with E-state index in [4.69, 9.17) is 17.5 Å². The van der Waals surface area contributed by atoms with Crippen molar-refractivity contribution < 1.29 is 55.9 Å². The monoisotopic (exact) mass is 274 g/mol. The summed E-state index contributed by atoms with van der Waals surface area (Å²) in [5.41, 5.74) is 0. The van der Waals surface area contributed by atoms with Crippen molar-refractivity contribution in [3.63, 3.8) is 0 Å². The first-order valence-electron chi connectivity index (χ1n) is 0.698. The molecule has 0 radical (unpaired) electrons. The van der Waals surface area contributed by atoms with Crippen molar-refractivity contribution in [2.45, 2.75) is 0 Å². The summed E-state index contributed by atoms with van der Waals surface area (Å²) >= 11 is 0. The van der Waals surface area contributed by atoms with E-state index in [9.17, 15) is 0 Å². The maximum absolute atomic E-state index is 8.74. The van der Waals surface area contributed by atoms with E-state index in [0.717, 1.165) is 0 Å². The van der Waals surface area contributed by atoms with Gasteiger partial charge in [-0.25, -0.2) is 0 Å². The predicted octanol–water partition coefficient (Wildman–Crippen LogP) is -7.99. The van der Waals surface area contributed by atoms with Gasteiger partial charge in [0, 0.05) is 0 Å². The van der Waals surface area contributed by atoms with E-state index in [2.05, 4.69) is 0 Å². The van der Waals surface area contributed by atoms with Crippen molar-refractivity contribution in [3.05, 3.63) is 0 Å². The van der Waals surface area contributed by atoms with E-state index in [-0.39, 0.29) is 90.9 Å². The average molecular weight is 275 g/mol. The molecule has 0 saturated carbocycles. The molecule has 0 rings (SSSR count). The molecule has 16 N–H and O–H groups in total. The average Bonchev–Trinajstić information content (AvgIpc) is 0.722. The molecule has 0 saturated heterocycles. The van der Waals surface area contributed by atoms with Crippen LogP contribution in [0, 0.1) is 0 Å². The molecule has 0 aromatic rings. The van der Waals surface area contributed by atoms with Crippen LogP contribution < -0.4 is 0 Å². The SMILES string of the molecule is O.O.O.O.O.O.O.O=S(=O)(O)O.[MgH2].[NaH]. The van der Waals surface area contributed by atoms with Crippen molar-refractivity contribution in [3.8, 4) is 0 Å². The van der Waals surface area contributed by atoms with Crippen molar-refractivity contribution in [1.82, 2.24) is 0 Å². The Bertz CT molecular complexity index is 98.5. The van der Waals surface area contributed by atoms with Crippen LogP contribution in [0.2, 0.25) is 0 Å². The van der Waals surface area contributed by atoms with E-state index in [0.29, 0.717) is 0 Å². The molecule has 0 atom stereocenters. The van der Waals surface area contributed by atoms with Gasteiger partial charge in [-0.1, -0.05) is 0 Å². The zero-order chi connectivity index (χ0) is 4.50. The van der Waals surface area contributed by atoms with Crippen LogP contribution in [0.1, 0.15) is 0 Å². The third-order valence-corrected chi connectivity index (χ3v) is 0. The Morgan fingerprint density at radius 1 is 0.643 bits per heavy atom. The van der Waals surface area contributed by atoms with Gasteiger partial charge in [-0.2, -0.15) is 8.42 Å². The molecule has 11 nitrogen and oxygen atoms in total. The summed E-state index contributed by atoms with van der Waals surface area (Å²) in [7, 11) is -4.67. The Kier molecular flexibility index (Phi) is 373. The van der Waals surface area contributed by atoms with Crippen LogP contribution in [0.15, 0.2) is 0 Å². The van der Waals surface area contributed by atoms with Crippen molar-refractivity contribution in [2.24, 2.45) is 0 Å². The molecule has 0 unspecified atom stereocenters. The Morgan fingerprint density at radius 2 is 0.643 bits per heavy atom. The van der Waals surface area contributed by atoms with E-state index in [1.807, 2.05) is 0 Å². The molecule has 0 aliphatic carbocycles. The second-order valence-electron chi connectivity index (χ2n) is 0.448. The Labute approximate surface area is 118 Å². The van der Waals surface area contributed by atoms with Crippen LogP contribution in [-0.4, -0.2) is 108 Å². The van der Waals surface area contributed by atoms with Gasteiger partial charge in [-0.15, -0.1) is 0 Å². The third kappa shape index (κ3) is 1110. The predicted molar refractivity (Wildman–Crippen MR) is 55.2 cm³/mol. The summed E-state index contributed by atoms with van der Waals surface area (Å²) in [4.78, 5) is 0. The third-order valence-electron chi connectivity index (χ3n) is 0. The standard InChI is InChI=1S/Mg.Na.H2O4S.7H2O.3H/c;;1-5(2,3)4;;;;;;;;;;/h;;(H2,1,2,3,4);7*1H2;;;. The zero-order valence-electron chi connectivity index (χ0n) is 5.62. The molecule has 0 amide bonds. The Balaban J connectivity index is -0.00000000222. The summed E-state index contributed by atoms with van der Waals surface area (Å²) in [6.45, 7) is 0. The molecule has 14 heteroatoms. The quantitative estimate of drug-likeness (QED) is 0.320. The molecular weight excluding hydrogens is 255 g/mol. The summed E-state index contributed by atoms with van der Waals surface area (Å²) in [6, 6.07) is 0. The van der Waals surface area contributed by atoms with Crippen LogP contribution in [0.25, 0.3) is 0 Å². The summed E-state index contributed by atoms with van der Waals surface area (Å²) in [6.07, 6.45) is 0. The Hall–Kier alpha value is 1.36. The van der Waals surface area contributed by atoms with Crippen molar-refractivity contribution in [2.75, 3.05) is 0 Å². The summed E-state index contributed by atoms with van der Waals surface area (Å²) < 4.78 is 31.6. The number of hydrogen-bond acceptors (Lipinski definition) is 2. The topological polar surface area (TPSA) is 295 Å². The molecule has 0 heterocycles. The first kappa shape index (κ1) is 110. The Morgan fingerprint density at radius 3 is 0.643 bits per heavy atom. The van der Waals surface area contributed by atoms with E-state index in [1.54, 1.807) is 0 Å². The second kappa shape index (κ2) is 47.3. The molecule has 94 valence electrons. The summed E-state index contributed by atoms with van der Waals surface area (Å²) in [5, 5.41) is 0. The van der Waals surface area contributed by atoms with Crippen molar-refractivity contribution >= 4 is 63.0 Å². The van der Waals surface area contributed by atoms with E-state index in [1.165, 1.54) is 0 Å². The van der Waals surface area contributed by atoms with Gasteiger partial charge in [0.25, 0.3) is 0 Å². The van der Waals surface area contributed by atoms with Gasteiger partial charge < -0.3 is 38.3 Å². The maximum atomic E-state index is 8.74. The first-order valence-corrected chi connectivity index (χ1v) is 2.10. The fourth-order valence-electron chi connectivity index (χ4n) is 0. The van der Waals surface area contributed by atoms with Crippen LogP contribution in [0.5, 0.6) is 0 Å². The fourth-order valence-corrected chi connectivity index (χ4v) is 0. The van der Waals surface area contributed by atoms with Gasteiger partial charge in [-0.05, 0) is 0 Å². The minimum atomic E-state index is -4.67. The van der Waals surface area contributed by atoms with Gasteiger partial charge in [0.2, 0.25) is 0 Å². The van der Waals surface area contributed by atoms with Gasteiger partial charge in [0.05, 0.1) is 0 Å².